The van der Waals surface area contributed by atoms with Crippen LogP contribution in [-0.4, -0.2) is 24.4 Å². The molecule has 0 fully saturated rings. The molecule has 0 aromatic heterocycles. The number of esters is 1. The molecule has 0 saturated heterocycles. The lowest BCUT2D eigenvalue weighted by atomic mass is 9.88. The second-order valence-corrected chi connectivity index (χ2v) is 6.01. The van der Waals surface area contributed by atoms with Crippen LogP contribution in [0.2, 0.25) is 0 Å². The van der Waals surface area contributed by atoms with Gasteiger partial charge in [-0.1, -0.05) is 26.7 Å². The number of ether oxygens (including phenoxy) is 1. The molecule has 0 aliphatic carbocycles. The van der Waals surface area contributed by atoms with Crippen molar-refractivity contribution in [1.82, 2.24) is 0 Å². The van der Waals surface area contributed by atoms with Gasteiger partial charge in [0, 0.05) is 35.2 Å². The Morgan fingerprint density at radius 3 is 2.53 bits per heavy atom. The second kappa shape index (κ2) is 9.11. The maximum absolute atomic E-state index is 11.7. The number of hydrogen-bond acceptors (Lipinski definition) is 4. The average Bonchev–Trinajstić information content (AvgIpc) is 2.29. The summed E-state index contributed by atoms with van der Waals surface area (Å²) in [6, 6.07) is -0.731. The number of ketones is 1. The van der Waals surface area contributed by atoms with E-state index in [2.05, 4.69) is 26.7 Å². The van der Waals surface area contributed by atoms with E-state index in [4.69, 9.17) is 10.5 Å². The molecule has 0 saturated carbocycles. The number of rotatable bonds is 7. The largest absolute Gasteiger partial charge is 0.464 e. The molecule has 108 valence electrons. The van der Waals surface area contributed by atoms with Crippen LogP contribution in [0.1, 0.15) is 46.5 Å². The standard InChI is InChI=1S/C14H22BrNO3/c1-14(2,3)9-12(17)11(16)10-19-13(18)7-5-4-6-8-15/h11H,4-5,7,9-10,16H2,1-3H3/t11-/m0/s1. The maximum atomic E-state index is 11.7. The summed E-state index contributed by atoms with van der Waals surface area (Å²) >= 11 is 2.97. The van der Waals surface area contributed by atoms with Gasteiger partial charge in [0.25, 0.3) is 0 Å². The number of nitrogens with two attached hydrogens (primary N) is 1. The van der Waals surface area contributed by atoms with Gasteiger partial charge in [0.15, 0.2) is 5.78 Å². The monoisotopic (exact) mass is 331 g/mol. The lowest BCUT2D eigenvalue weighted by Crippen LogP contribution is -2.37. The van der Waals surface area contributed by atoms with Gasteiger partial charge in [-0.25, -0.2) is 0 Å². The predicted octanol–water partition coefficient (Wildman–Crippen LogP) is 2.39. The van der Waals surface area contributed by atoms with Gasteiger partial charge in [0.2, 0.25) is 0 Å². The lowest BCUT2D eigenvalue weighted by Gasteiger charge is -2.19. The Morgan fingerprint density at radius 2 is 2.00 bits per heavy atom. The first-order valence-corrected chi connectivity index (χ1v) is 7.08. The van der Waals surface area contributed by atoms with Gasteiger partial charge in [0.1, 0.15) is 6.61 Å². The van der Waals surface area contributed by atoms with Crippen molar-refractivity contribution in [3.63, 3.8) is 0 Å². The summed E-state index contributed by atoms with van der Waals surface area (Å²) in [7, 11) is 0. The topological polar surface area (TPSA) is 69.4 Å². The Kier molecular flexibility index (Phi) is 8.70. The van der Waals surface area contributed by atoms with Gasteiger partial charge >= 0.3 is 5.97 Å². The molecule has 4 nitrogen and oxygen atoms in total. The summed E-state index contributed by atoms with van der Waals surface area (Å²) in [5.74, 6) is 2.38. The van der Waals surface area contributed by atoms with Crippen molar-refractivity contribution in [2.75, 3.05) is 6.61 Å². The first kappa shape index (κ1) is 18.1. The van der Waals surface area contributed by atoms with E-state index in [-0.39, 0.29) is 23.8 Å². The zero-order valence-electron chi connectivity index (χ0n) is 11.8. The van der Waals surface area contributed by atoms with Crippen LogP contribution in [0.5, 0.6) is 0 Å². The van der Waals surface area contributed by atoms with E-state index in [0.717, 1.165) is 0 Å². The fraction of sp³-hybridized carbons (Fsp3) is 0.714. The van der Waals surface area contributed by atoms with Crippen molar-refractivity contribution in [3.8, 4) is 10.8 Å². The number of Topliss-reactive ketones (excluding diaryl/α,β-unsaturated/α-hetero) is 1. The van der Waals surface area contributed by atoms with Gasteiger partial charge in [0.05, 0.1) is 6.04 Å². The molecular formula is C14H22BrNO3. The summed E-state index contributed by atoms with van der Waals surface area (Å²) in [6.45, 7) is 5.86. The van der Waals surface area contributed by atoms with E-state index in [0.29, 0.717) is 25.7 Å². The number of hydrogen-bond donors (Lipinski definition) is 1. The SMILES string of the molecule is CC(C)(C)CC(=O)[C@@H](N)COC(=O)CCCC#CBr. The highest BCUT2D eigenvalue weighted by Gasteiger charge is 2.22. The second-order valence-electron chi connectivity index (χ2n) is 5.62. The molecule has 0 rings (SSSR count). The van der Waals surface area contributed by atoms with Crippen molar-refractivity contribution in [3.05, 3.63) is 0 Å². The van der Waals surface area contributed by atoms with Crippen LogP contribution in [0.25, 0.3) is 0 Å². The van der Waals surface area contributed by atoms with Crippen LogP contribution < -0.4 is 5.73 Å². The van der Waals surface area contributed by atoms with Crippen LogP contribution in [-0.2, 0) is 14.3 Å². The highest BCUT2D eigenvalue weighted by atomic mass is 79.9. The summed E-state index contributed by atoms with van der Waals surface area (Å²) in [6.07, 6.45) is 1.95. The minimum Gasteiger partial charge on any atom is -0.464 e. The molecule has 0 aliphatic heterocycles. The van der Waals surface area contributed by atoms with Gasteiger partial charge in [-0.05, 0) is 16.7 Å². The maximum Gasteiger partial charge on any atom is 0.305 e. The summed E-state index contributed by atoms with van der Waals surface area (Å²) in [4.78, 5) is 25.7. The fourth-order valence-corrected chi connectivity index (χ4v) is 1.57. The Hall–Kier alpha value is -0.860. The molecule has 0 aromatic carbocycles. The zero-order chi connectivity index (χ0) is 14.9. The van der Waals surface area contributed by atoms with E-state index in [1.54, 1.807) is 0 Å². The molecule has 0 spiro atoms. The van der Waals surface area contributed by atoms with E-state index in [1.807, 2.05) is 20.8 Å². The van der Waals surface area contributed by atoms with Gasteiger partial charge in [-0.3, -0.25) is 9.59 Å². The number of carbonyl (C=O) groups is 2. The number of unbranched alkanes of at least 4 members (excludes halogenated alkanes) is 1. The highest BCUT2D eigenvalue weighted by Crippen LogP contribution is 2.19. The van der Waals surface area contributed by atoms with Crippen LogP contribution in [0, 0.1) is 16.2 Å². The lowest BCUT2D eigenvalue weighted by molar-refractivity contribution is -0.145. The molecule has 0 bridgehead atoms. The van der Waals surface area contributed by atoms with Crippen molar-refractivity contribution < 1.29 is 14.3 Å². The summed E-state index contributed by atoms with van der Waals surface area (Å²) in [5.41, 5.74) is 5.59. The van der Waals surface area contributed by atoms with E-state index < -0.39 is 6.04 Å². The Bertz CT molecular complexity index is 363. The van der Waals surface area contributed by atoms with Crippen LogP contribution >= 0.6 is 15.9 Å². The molecule has 0 heterocycles. The van der Waals surface area contributed by atoms with Crippen LogP contribution in [0.3, 0.4) is 0 Å². The van der Waals surface area contributed by atoms with Crippen molar-refractivity contribution in [1.29, 1.82) is 0 Å². The van der Waals surface area contributed by atoms with Crippen molar-refractivity contribution in [2.24, 2.45) is 11.1 Å². The molecule has 1 atom stereocenters. The Morgan fingerprint density at radius 1 is 1.37 bits per heavy atom. The zero-order valence-corrected chi connectivity index (χ0v) is 13.4. The van der Waals surface area contributed by atoms with Gasteiger partial charge in [-0.2, -0.15) is 0 Å². The van der Waals surface area contributed by atoms with Crippen molar-refractivity contribution in [2.45, 2.75) is 52.5 Å². The molecule has 0 unspecified atom stereocenters. The van der Waals surface area contributed by atoms with Crippen LogP contribution in [0.4, 0.5) is 0 Å². The fourth-order valence-electron chi connectivity index (χ4n) is 1.37. The highest BCUT2D eigenvalue weighted by molar-refractivity contribution is 9.12. The Balaban J connectivity index is 3.88. The predicted molar refractivity (Wildman–Crippen MR) is 78.6 cm³/mol. The Labute approximate surface area is 123 Å². The molecule has 0 aromatic rings. The third-order valence-electron chi connectivity index (χ3n) is 2.29. The smallest absolute Gasteiger partial charge is 0.305 e. The van der Waals surface area contributed by atoms with E-state index >= 15 is 0 Å². The molecule has 5 heteroatoms. The van der Waals surface area contributed by atoms with Gasteiger partial charge in [-0.15, -0.1) is 0 Å². The van der Waals surface area contributed by atoms with Gasteiger partial charge < -0.3 is 10.5 Å². The number of carbonyl (C=O) groups excluding carboxylic acids is 2. The van der Waals surface area contributed by atoms with E-state index in [9.17, 15) is 9.59 Å². The average molecular weight is 332 g/mol. The third kappa shape index (κ3) is 10.7. The molecule has 19 heavy (non-hydrogen) atoms. The number of halogens is 1. The quantitative estimate of drug-likeness (QED) is 0.441. The van der Waals surface area contributed by atoms with Crippen LogP contribution in [0.15, 0.2) is 0 Å². The molecule has 0 amide bonds. The molecule has 0 radical (unpaired) electrons. The summed E-state index contributed by atoms with van der Waals surface area (Å²) < 4.78 is 4.97. The molecular weight excluding hydrogens is 310 g/mol. The normalized spacial score (nSPS) is 12.3. The van der Waals surface area contributed by atoms with E-state index in [1.165, 1.54) is 0 Å². The summed E-state index contributed by atoms with van der Waals surface area (Å²) in [5, 5.41) is 0. The van der Waals surface area contributed by atoms with Crippen molar-refractivity contribution >= 4 is 27.7 Å². The first-order chi connectivity index (χ1) is 8.76. The molecule has 2 N–H and O–H groups in total. The minimum absolute atomic E-state index is 0.0438. The molecule has 0 aliphatic rings. The minimum atomic E-state index is -0.731. The first-order valence-electron chi connectivity index (χ1n) is 6.28. The third-order valence-corrected chi connectivity index (χ3v) is 2.57.